The van der Waals surface area contributed by atoms with Crippen molar-refractivity contribution in [1.29, 1.82) is 0 Å². The van der Waals surface area contributed by atoms with Gasteiger partial charge in [0, 0.05) is 5.41 Å². The molecular weight excluding hydrogens is 540 g/mol. The van der Waals surface area contributed by atoms with Crippen molar-refractivity contribution in [1.82, 2.24) is 0 Å². The highest BCUT2D eigenvalue weighted by molar-refractivity contribution is 6.27. The number of hydrogen-bond donors (Lipinski definition) is 0. The molecule has 2 aliphatic rings. The van der Waals surface area contributed by atoms with Crippen molar-refractivity contribution in [2.45, 2.75) is 19.3 Å². The topological polar surface area (TPSA) is 0 Å². The van der Waals surface area contributed by atoms with Crippen molar-refractivity contribution in [3.63, 3.8) is 0 Å². The Balaban J connectivity index is 1.14. The molecule has 0 bridgehead atoms. The molecule has 0 nitrogen and oxygen atoms in total. The van der Waals surface area contributed by atoms with E-state index in [9.17, 15) is 0 Å². The lowest BCUT2D eigenvalue weighted by Gasteiger charge is -2.23. The van der Waals surface area contributed by atoms with Crippen molar-refractivity contribution >= 4 is 53.9 Å². The van der Waals surface area contributed by atoms with Crippen LogP contribution in [0.15, 0.2) is 133 Å². The standard InChI is InChI=1S/C45H28/c1-45(2)39-23-29(16-17-35(39)44-36-18-15-26-10-5-9-25-13-14-30(24-40(44)45)42(36)41(25)26)31-19-20-34-38-22-28-8-4-3-7-27(28)21-37(38)33-12-6-11-32(31)43(33)34/h3-24H,1-2H3. The Labute approximate surface area is 261 Å². The summed E-state index contributed by atoms with van der Waals surface area (Å²) in [5, 5.41) is 13.5. The van der Waals surface area contributed by atoms with Gasteiger partial charge in [0.1, 0.15) is 0 Å². The molecule has 0 N–H and O–H groups in total. The molecule has 0 aromatic heterocycles. The molecule has 0 unspecified atom stereocenters. The second-order valence-electron chi connectivity index (χ2n) is 13.7. The number of hydrogen-bond acceptors (Lipinski definition) is 0. The zero-order valence-corrected chi connectivity index (χ0v) is 25.2. The van der Waals surface area contributed by atoms with Crippen molar-refractivity contribution < 1.29 is 0 Å². The molecule has 0 amide bonds. The van der Waals surface area contributed by atoms with Gasteiger partial charge < -0.3 is 0 Å². The smallest absolute Gasteiger partial charge is 0.0159 e. The van der Waals surface area contributed by atoms with Crippen LogP contribution in [0.3, 0.4) is 0 Å². The van der Waals surface area contributed by atoms with Crippen LogP contribution in [0.1, 0.15) is 25.0 Å². The third-order valence-electron chi connectivity index (χ3n) is 11.1. The van der Waals surface area contributed by atoms with Crippen LogP contribution in [0.25, 0.3) is 98.4 Å². The summed E-state index contributed by atoms with van der Waals surface area (Å²) in [6, 6.07) is 50.8. The highest BCUT2D eigenvalue weighted by atomic mass is 14.4. The molecule has 208 valence electrons. The maximum absolute atomic E-state index is 2.49. The number of fused-ring (bicyclic) bond motifs is 8. The van der Waals surface area contributed by atoms with E-state index in [1.54, 1.807) is 0 Å². The fraction of sp³-hybridized carbons (Fsp3) is 0.0667. The van der Waals surface area contributed by atoms with E-state index in [-0.39, 0.29) is 5.41 Å². The Morgan fingerprint density at radius 2 is 1.00 bits per heavy atom. The molecule has 0 heterocycles. The summed E-state index contributed by atoms with van der Waals surface area (Å²) < 4.78 is 0. The molecule has 11 rings (SSSR count). The summed E-state index contributed by atoms with van der Waals surface area (Å²) in [7, 11) is 0. The van der Waals surface area contributed by atoms with Crippen LogP contribution in [-0.4, -0.2) is 0 Å². The van der Waals surface area contributed by atoms with Gasteiger partial charge >= 0.3 is 0 Å². The van der Waals surface area contributed by atoms with Gasteiger partial charge in [-0.1, -0.05) is 123 Å². The van der Waals surface area contributed by atoms with Crippen LogP contribution in [0.2, 0.25) is 0 Å². The molecule has 0 atom stereocenters. The minimum Gasteiger partial charge on any atom is -0.0616 e. The van der Waals surface area contributed by atoms with Gasteiger partial charge in [0.05, 0.1) is 0 Å². The number of rotatable bonds is 1. The van der Waals surface area contributed by atoms with E-state index in [1.807, 2.05) is 0 Å². The first-order valence-electron chi connectivity index (χ1n) is 16.0. The normalized spacial score (nSPS) is 14.2. The third-order valence-corrected chi connectivity index (χ3v) is 11.1. The lowest BCUT2D eigenvalue weighted by molar-refractivity contribution is 0.661. The highest BCUT2D eigenvalue weighted by Crippen LogP contribution is 2.55. The quantitative estimate of drug-likeness (QED) is 0.173. The largest absolute Gasteiger partial charge is 0.0616 e. The van der Waals surface area contributed by atoms with Gasteiger partial charge in [-0.2, -0.15) is 0 Å². The van der Waals surface area contributed by atoms with Crippen molar-refractivity contribution in [3.05, 3.63) is 145 Å². The molecule has 0 heteroatoms. The Bertz CT molecular complexity index is 2710. The minimum atomic E-state index is -0.101. The van der Waals surface area contributed by atoms with E-state index in [4.69, 9.17) is 0 Å². The van der Waals surface area contributed by atoms with Gasteiger partial charge in [0.15, 0.2) is 0 Å². The fourth-order valence-electron chi connectivity index (χ4n) is 8.98. The minimum absolute atomic E-state index is 0.101. The van der Waals surface area contributed by atoms with Crippen molar-refractivity contribution in [3.8, 4) is 44.5 Å². The first kappa shape index (κ1) is 23.9. The first-order valence-corrected chi connectivity index (χ1v) is 16.0. The van der Waals surface area contributed by atoms with Gasteiger partial charge in [-0.05, 0) is 134 Å². The molecule has 0 saturated heterocycles. The van der Waals surface area contributed by atoms with Gasteiger partial charge in [-0.25, -0.2) is 0 Å². The zero-order chi connectivity index (χ0) is 29.6. The van der Waals surface area contributed by atoms with E-state index in [1.165, 1.54) is 109 Å². The fourth-order valence-corrected chi connectivity index (χ4v) is 8.98. The van der Waals surface area contributed by atoms with E-state index < -0.39 is 0 Å². The van der Waals surface area contributed by atoms with Crippen LogP contribution >= 0.6 is 0 Å². The molecule has 0 radical (unpaired) electrons. The van der Waals surface area contributed by atoms with Crippen LogP contribution in [0.5, 0.6) is 0 Å². The predicted octanol–water partition coefficient (Wildman–Crippen LogP) is 12.5. The monoisotopic (exact) mass is 568 g/mol. The number of benzene rings is 9. The Morgan fingerprint density at radius 1 is 0.356 bits per heavy atom. The molecule has 9 aromatic rings. The summed E-state index contributed by atoms with van der Waals surface area (Å²) >= 11 is 0. The van der Waals surface area contributed by atoms with E-state index in [2.05, 4.69) is 147 Å². The predicted molar refractivity (Wildman–Crippen MR) is 193 cm³/mol. The van der Waals surface area contributed by atoms with Crippen LogP contribution in [0.4, 0.5) is 0 Å². The average Bonchev–Trinajstić information content (AvgIpc) is 3.51. The van der Waals surface area contributed by atoms with E-state index in [0.717, 1.165) is 0 Å². The SMILES string of the molecule is CC1(C)c2cc(-c3ccc4c5c(cccc35)-c3cc5ccccc5cc3-4)ccc2-c2c1cc1ccc3cccc4ccc2c1c34. The lowest BCUT2D eigenvalue weighted by atomic mass is 9.80. The maximum atomic E-state index is 2.49. The van der Waals surface area contributed by atoms with Gasteiger partial charge in [-0.3, -0.25) is 0 Å². The van der Waals surface area contributed by atoms with Gasteiger partial charge in [-0.15, -0.1) is 0 Å². The zero-order valence-electron chi connectivity index (χ0n) is 25.2. The second-order valence-corrected chi connectivity index (χ2v) is 13.7. The summed E-state index contributed by atoms with van der Waals surface area (Å²) in [5.74, 6) is 0. The maximum Gasteiger partial charge on any atom is 0.0159 e. The first-order chi connectivity index (χ1) is 22.1. The molecule has 0 saturated carbocycles. The third kappa shape index (κ3) is 2.89. The Hall–Kier alpha value is -5.46. The molecule has 2 aliphatic carbocycles. The highest BCUT2D eigenvalue weighted by Gasteiger charge is 2.37. The summed E-state index contributed by atoms with van der Waals surface area (Å²) in [4.78, 5) is 0. The Morgan fingerprint density at radius 3 is 1.80 bits per heavy atom. The summed E-state index contributed by atoms with van der Waals surface area (Å²) in [5.41, 5.74) is 13.5. The molecule has 0 fully saturated rings. The molecule has 0 aliphatic heterocycles. The molecule has 45 heavy (non-hydrogen) atoms. The van der Waals surface area contributed by atoms with Gasteiger partial charge in [0.2, 0.25) is 0 Å². The Kier molecular flexibility index (Phi) is 4.24. The average molecular weight is 569 g/mol. The molecule has 9 aromatic carbocycles. The lowest BCUT2D eigenvalue weighted by Crippen LogP contribution is -2.15. The van der Waals surface area contributed by atoms with Crippen LogP contribution < -0.4 is 0 Å². The second kappa shape index (κ2) is 7.97. The van der Waals surface area contributed by atoms with Crippen molar-refractivity contribution in [2.75, 3.05) is 0 Å². The van der Waals surface area contributed by atoms with Crippen molar-refractivity contribution in [2.24, 2.45) is 0 Å². The van der Waals surface area contributed by atoms with Crippen LogP contribution in [-0.2, 0) is 5.41 Å². The molecule has 0 spiro atoms. The van der Waals surface area contributed by atoms with Gasteiger partial charge in [0.25, 0.3) is 0 Å². The summed E-state index contributed by atoms with van der Waals surface area (Å²) in [6.07, 6.45) is 0. The van der Waals surface area contributed by atoms with Crippen LogP contribution in [0, 0.1) is 0 Å². The van der Waals surface area contributed by atoms with E-state index >= 15 is 0 Å². The van der Waals surface area contributed by atoms with E-state index in [0.29, 0.717) is 0 Å². The molecular formula is C45H28. The summed E-state index contributed by atoms with van der Waals surface area (Å²) in [6.45, 7) is 4.82.